The highest BCUT2D eigenvalue weighted by molar-refractivity contribution is 5.91. The molecule has 3 aromatic heterocycles. The Hall–Kier alpha value is -3.54. The Bertz CT molecular complexity index is 1140. The van der Waals surface area contributed by atoms with Crippen molar-refractivity contribution < 1.29 is 14.1 Å². The van der Waals surface area contributed by atoms with Gasteiger partial charge in [0.05, 0.1) is 12.7 Å². The Morgan fingerprint density at radius 3 is 2.67 bits per heavy atom. The Morgan fingerprint density at radius 2 is 1.97 bits per heavy atom. The summed E-state index contributed by atoms with van der Waals surface area (Å²) in [5.74, 6) is 0.653. The number of nitrogens with zero attached hydrogens (tertiary/aromatic N) is 7. The van der Waals surface area contributed by atoms with E-state index in [9.17, 15) is 14.4 Å². The molecule has 3 aromatic rings. The third-order valence-corrected chi connectivity index (χ3v) is 5.01. The van der Waals surface area contributed by atoms with E-state index in [0.29, 0.717) is 48.8 Å². The molecule has 0 aromatic carbocycles. The zero-order chi connectivity index (χ0) is 21.3. The average molecular weight is 414 g/mol. The summed E-state index contributed by atoms with van der Waals surface area (Å²) in [6.45, 7) is 3.95. The number of anilines is 1. The van der Waals surface area contributed by atoms with Gasteiger partial charge in [0.15, 0.2) is 11.5 Å². The summed E-state index contributed by atoms with van der Waals surface area (Å²) in [6.07, 6.45) is 2.83. The molecule has 0 aliphatic carbocycles. The fourth-order valence-electron chi connectivity index (χ4n) is 3.39. The van der Waals surface area contributed by atoms with Crippen LogP contribution in [0.3, 0.4) is 0 Å². The number of fused-ring (bicyclic) bond motifs is 1. The topological polar surface area (TPSA) is 131 Å². The van der Waals surface area contributed by atoms with E-state index >= 15 is 0 Å². The first-order valence-electron chi connectivity index (χ1n) is 9.51. The molecule has 12 heteroatoms. The van der Waals surface area contributed by atoms with Crippen molar-refractivity contribution in [1.29, 1.82) is 0 Å². The maximum atomic E-state index is 12.6. The van der Waals surface area contributed by atoms with Crippen LogP contribution in [-0.2, 0) is 23.2 Å². The summed E-state index contributed by atoms with van der Waals surface area (Å²) >= 11 is 0. The molecule has 0 radical (unpaired) electrons. The minimum Gasteiger partial charge on any atom is -0.360 e. The minimum atomic E-state index is -0.292. The number of hydrogen-bond donors (Lipinski definition) is 1. The van der Waals surface area contributed by atoms with Gasteiger partial charge in [-0.3, -0.25) is 28.5 Å². The molecule has 0 atom stereocenters. The lowest BCUT2D eigenvalue weighted by Gasteiger charge is -2.34. The van der Waals surface area contributed by atoms with Crippen molar-refractivity contribution in [3.63, 3.8) is 0 Å². The summed E-state index contributed by atoms with van der Waals surface area (Å²) in [4.78, 5) is 45.1. The number of carbonyl (C=O) groups excluding carboxylic acids is 2. The van der Waals surface area contributed by atoms with Crippen LogP contribution >= 0.6 is 0 Å². The van der Waals surface area contributed by atoms with E-state index in [1.54, 1.807) is 24.9 Å². The minimum absolute atomic E-state index is 0.0807. The third kappa shape index (κ3) is 4.08. The largest absolute Gasteiger partial charge is 0.360 e. The van der Waals surface area contributed by atoms with Gasteiger partial charge in [-0.05, 0) is 6.92 Å². The summed E-state index contributed by atoms with van der Waals surface area (Å²) in [5.41, 5.74) is 0.191. The van der Waals surface area contributed by atoms with Crippen LogP contribution in [-0.4, -0.2) is 78.8 Å². The molecule has 0 saturated carbocycles. The Labute approximate surface area is 171 Å². The van der Waals surface area contributed by atoms with E-state index in [2.05, 4.69) is 20.6 Å². The second-order valence-corrected chi connectivity index (χ2v) is 7.21. The van der Waals surface area contributed by atoms with Gasteiger partial charge in [0.1, 0.15) is 24.0 Å². The molecule has 1 aliphatic heterocycles. The highest BCUT2D eigenvalue weighted by Gasteiger charge is 2.23. The van der Waals surface area contributed by atoms with E-state index in [-0.39, 0.29) is 30.5 Å². The predicted octanol–water partition coefficient (Wildman–Crippen LogP) is -0.791. The normalized spacial score (nSPS) is 14.9. The van der Waals surface area contributed by atoms with Crippen molar-refractivity contribution in [3.8, 4) is 0 Å². The summed E-state index contributed by atoms with van der Waals surface area (Å²) in [6, 6.07) is 1.65. The van der Waals surface area contributed by atoms with E-state index in [4.69, 9.17) is 4.52 Å². The van der Waals surface area contributed by atoms with Gasteiger partial charge >= 0.3 is 0 Å². The standard InChI is InChI=1S/C18H22N8O4/c1-12-7-14(22-30-12)21-15(27)9-24-3-5-25(6-4-24)16(28)10-26-11-19-17-13(18(26)29)8-20-23(17)2/h7-8,11H,3-6,9-10H2,1-2H3,(H,21,22,27). The van der Waals surface area contributed by atoms with E-state index in [0.717, 1.165) is 0 Å². The Morgan fingerprint density at radius 1 is 1.20 bits per heavy atom. The fourth-order valence-corrected chi connectivity index (χ4v) is 3.39. The number of aromatic nitrogens is 5. The summed E-state index contributed by atoms with van der Waals surface area (Å²) in [5, 5.41) is 10.8. The van der Waals surface area contributed by atoms with Gasteiger partial charge in [0.25, 0.3) is 5.56 Å². The Balaban J connectivity index is 1.29. The lowest BCUT2D eigenvalue weighted by Crippen LogP contribution is -2.51. The lowest BCUT2D eigenvalue weighted by atomic mass is 10.3. The highest BCUT2D eigenvalue weighted by Crippen LogP contribution is 2.08. The summed E-state index contributed by atoms with van der Waals surface area (Å²) in [7, 11) is 1.71. The van der Waals surface area contributed by atoms with Crippen LogP contribution in [0.25, 0.3) is 11.0 Å². The molecule has 0 bridgehead atoms. The van der Waals surface area contributed by atoms with Gasteiger partial charge in [-0.2, -0.15) is 5.10 Å². The monoisotopic (exact) mass is 414 g/mol. The molecule has 12 nitrogen and oxygen atoms in total. The highest BCUT2D eigenvalue weighted by atomic mass is 16.5. The number of hydrogen-bond acceptors (Lipinski definition) is 8. The van der Waals surface area contributed by atoms with Gasteiger partial charge in [-0.25, -0.2) is 4.98 Å². The van der Waals surface area contributed by atoms with E-state index in [1.165, 1.54) is 21.8 Å². The molecule has 1 N–H and O–H groups in total. The smallest absolute Gasteiger partial charge is 0.264 e. The van der Waals surface area contributed by atoms with Crippen LogP contribution in [0.4, 0.5) is 5.82 Å². The van der Waals surface area contributed by atoms with Gasteiger partial charge in [-0.1, -0.05) is 5.16 Å². The number of nitrogens with one attached hydrogen (secondary N) is 1. The molecule has 30 heavy (non-hydrogen) atoms. The number of aryl methyl sites for hydroxylation is 2. The van der Waals surface area contributed by atoms with Gasteiger partial charge in [0, 0.05) is 39.3 Å². The first kappa shape index (κ1) is 19.8. The second-order valence-electron chi connectivity index (χ2n) is 7.21. The molecule has 0 unspecified atom stereocenters. The first-order valence-corrected chi connectivity index (χ1v) is 9.51. The van der Waals surface area contributed by atoms with Crippen LogP contribution in [0.2, 0.25) is 0 Å². The molecular formula is C18H22N8O4. The van der Waals surface area contributed by atoms with Crippen LogP contribution in [0.5, 0.6) is 0 Å². The van der Waals surface area contributed by atoms with Crippen LogP contribution in [0.1, 0.15) is 5.76 Å². The predicted molar refractivity (Wildman–Crippen MR) is 106 cm³/mol. The van der Waals surface area contributed by atoms with Crippen molar-refractivity contribution in [2.24, 2.45) is 7.05 Å². The fraction of sp³-hybridized carbons (Fsp3) is 0.444. The van der Waals surface area contributed by atoms with Crippen LogP contribution in [0.15, 0.2) is 27.9 Å². The first-order chi connectivity index (χ1) is 14.4. The molecule has 1 aliphatic rings. The lowest BCUT2D eigenvalue weighted by molar-refractivity contribution is -0.133. The van der Waals surface area contributed by atoms with E-state index in [1.807, 2.05) is 4.90 Å². The quantitative estimate of drug-likeness (QED) is 0.575. The van der Waals surface area contributed by atoms with Crippen LogP contribution < -0.4 is 10.9 Å². The summed E-state index contributed by atoms with van der Waals surface area (Å²) < 4.78 is 7.74. The van der Waals surface area contributed by atoms with Gasteiger partial charge in [0.2, 0.25) is 11.8 Å². The second kappa shape index (κ2) is 8.06. The number of amides is 2. The van der Waals surface area contributed by atoms with Crippen molar-refractivity contribution in [2.75, 3.05) is 38.0 Å². The molecule has 2 amide bonds. The molecule has 4 rings (SSSR count). The number of piperazine rings is 1. The van der Waals surface area contributed by atoms with Crippen molar-refractivity contribution in [1.82, 2.24) is 34.3 Å². The van der Waals surface area contributed by atoms with Crippen molar-refractivity contribution >= 4 is 28.7 Å². The molecule has 158 valence electrons. The van der Waals surface area contributed by atoms with Gasteiger partial charge in [-0.15, -0.1) is 0 Å². The molecular weight excluding hydrogens is 392 g/mol. The Kier molecular flexibility index (Phi) is 5.31. The molecule has 1 saturated heterocycles. The maximum Gasteiger partial charge on any atom is 0.264 e. The van der Waals surface area contributed by atoms with Crippen LogP contribution in [0, 0.1) is 6.92 Å². The average Bonchev–Trinajstić information content (AvgIpc) is 3.30. The molecule has 1 fully saturated rings. The van der Waals surface area contributed by atoms with E-state index < -0.39 is 0 Å². The number of carbonyl (C=O) groups is 2. The molecule has 4 heterocycles. The molecule has 0 spiro atoms. The third-order valence-electron chi connectivity index (χ3n) is 5.01. The zero-order valence-corrected chi connectivity index (χ0v) is 16.7. The van der Waals surface area contributed by atoms with Crippen molar-refractivity contribution in [3.05, 3.63) is 34.7 Å². The zero-order valence-electron chi connectivity index (χ0n) is 16.7. The maximum absolute atomic E-state index is 12.6. The SMILES string of the molecule is Cc1cc(NC(=O)CN2CCN(C(=O)Cn3cnc4c(cnn4C)c3=O)CC2)no1. The number of rotatable bonds is 5. The van der Waals surface area contributed by atoms with Gasteiger partial charge < -0.3 is 14.7 Å². The van der Waals surface area contributed by atoms with Crippen molar-refractivity contribution in [2.45, 2.75) is 13.5 Å².